The van der Waals surface area contributed by atoms with E-state index in [1.54, 1.807) is 0 Å². The Kier molecular flexibility index (Phi) is 5.39. The Morgan fingerprint density at radius 2 is 2.08 bits per heavy atom. The van der Waals surface area contributed by atoms with Gasteiger partial charge in [-0.1, -0.05) is 26.0 Å². The summed E-state index contributed by atoms with van der Waals surface area (Å²) in [5.41, 5.74) is 6.69. The van der Waals surface area contributed by atoms with Crippen molar-refractivity contribution in [3.8, 4) is 0 Å². The quantitative estimate of drug-likeness (QED) is 0.627. The SMILES string of the molecule is C=C(C)CNC(=O)CC(N)C(C)C. The number of amides is 1. The van der Waals surface area contributed by atoms with Crippen LogP contribution in [0.1, 0.15) is 27.2 Å². The summed E-state index contributed by atoms with van der Waals surface area (Å²) in [5, 5.41) is 2.75. The Labute approximate surface area is 80.4 Å². The van der Waals surface area contributed by atoms with Crippen molar-refractivity contribution in [3.05, 3.63) is 12.2 Å². The zero-order valence-electron chi connectivity index (χ0n) is 8.76. The highest BCUT2D eigenvalue weighted by Gasteiger charge is 2.11. The largest absolute Gasteiger partial charge is 0.352 e. The van der Waals surface area contributed by atoms with E-state index in [4.69, 9.17) is 5.73 Å². The third-order valence-electron chi connectivity index (χ3n) is 1.86. The van der Waals surface area contributed by atoms with Gasteiger partial charge in [-0.3, -0.25) is 4.79 Å². The molecule has 0 saturated heterocycles. The van der Waals surface area contributed by atoms with E-state index in [-0.39, 0.29) is 11.9 Å². The molecule has 3 heteroatoms. The molecule has 0 aliphatic carbocycles. The van der Waals surface area contributed by atoms with E-state index in [1.807, 2.05) is 20.8 Å². The molecule has 0 aromatic rings. The normalized spacial score (nSPS) is 12.7. The van der Waals surface area contributed by atoms with Crippen molar-refractivity contribution in [1.82, 2.24) is 5.32 Å². The second kappa shape index (κ2) is 5.75. The van der Waals surface area contributed by atoms with E-state index in [0.29, 0.717) is 18.9 Å². The van der Waals surface area contributed by atoms with Crippen LogP contribution in [0.4, 0.5) is 0 Å². The van der Waals surface area contributed by atoms with Crippen LogP contribution in [0.5, 0.6) is 0 Å². The third kappa shape index (κ3) is 6.34. The minimum atomic E-state index is -0.0508. The molecule has 76 valence electrons. The molecule has 3 nitrogen and oxygen atoms in total. The second-order valence-electron chi connectivity index (χ2n) is 3.85. The lowest BCUT2D eigenvalue weighted by Gasteiger charge is -2.14. The fourth-order valence-corrected chi connectivity index (χ4v) is 0.771. The maximum atomic E-state index is 11.2. The molecule has 0 radical (unpaired) electrons. The Morgan fingerprint density at radius 1 is 1.54 bits per heavy atom. The molecular formula is C10H20N2O. The number of hydrogen-bond donors (Lipinski definition) is 2. The van der Waals surface area contributed by atoms with Crippen LogP contribution in [0.3, 0.4) is 0 Å². The summed E-state index contributed by atoms with van der Waals surface area (Å²) in [6, 6.07) is -0.0508. The molecule has 0 aliphatic heterocycles. The number of carbonyl (C=O) groups excluding carboxylic acids is 1. The van der Waals surface area contributed by atoms with Gasteiger partial charge in [0.2, 0.25) is 5.91 Å². The van der Waals surface area contributed by atoms with Crippen LogP contribution >= 0.6 is 0 Å². The Bertz CT molecular complexity index is 187. The third-order valence-corrected chi connectivity index (χ3v) is 1.86. The number of nitrogens with two attached hydrogens (primary N) is 1. The summed E-state index contributed by atoms with van der Waals surface area (Å²) in [6.07, 6.45) is 0.394. The van der Waals surface area contributed by atoms with E-state index in [1.165, 1.54) is 0 Å². The maximum absolute atomic E-state index is 11.2. The van der Waals surface area contributed by atoms with Gasteiger partial charge in [0.05, 0.1) is 0 Å². The summed E-state index contributed by atoms with van der Waals surface area (Å²) in [6.45, 7) is 10.1. The molecule has 1 atom stereocenters. The molecule has 0 saturated carbocycles. The lowest BCUT2D eigenvalue weighted by atomic mass is 10.0. The first kappa shape index (κ1) is 12.2. The van der Waals surface area contributed by atoms with Crippen LogP contribution in [0.15, 0.2) is 12.2 Å². The zero-order chi connectivity index (χ0) is 10.4. The van der Waals surface area contributed by atoms with Crippen LogP contribution in [-0.4, -0.2) is 18.5 Å². The lowest BCUT2D eigenvalue weighted by Crippen LogP contribution is -2.35. The molecule has 0 fully saturated rings. The van der Waals surface area contributed by atoms with Crippen molar-refractivity contribution >= 4 is 5.91 Å². The van der Waals surface area contributed by atoms with Gasteiger partial charge in [-0.05, 0) is 12.8 Å². The molecule has 13 heavy (non-hydrogen) atoms. The number of hydrogen-bond acceptors (Lipinski definition) is 2. The van der Waals surface area contributed by atoms with Gasteiger partial charge in [0, 0.05) is 19.0 Å². The summed E-state index contributed by atoms with van der Waals surface area (Å²) in [7, 11) is 0. The number of carbonyl (C=O) groups is 1. The smallest absolute Gasteiger partial charge is 0.221 e. The highest BCUT2D eigenvalue weighted by Crippen LogP contribution is 2.02. The summed E-state index contributed by atoms with van der Waals surface area (Å²) in [4.78, 5) is 11.2. The van der Waals surface area contributed by atoms with Gasteiger partial charge in [-0.2, -0.15) is 0 Å². The Morgan fingerprint density at radius 3 is 2.46 bits per heavy atom. The van der Waals surface area contributed by atoms with Crippen molar-refractivity contribution in [2.24, 2.45) is 11.7 Å². The standard InChI is InChI=1S/C10H20N2O/c1-7(2)6-12-10(13)5-9(11)8(3)4/h8-9H,1,5-6,11H2,2-4H3,(H,12,13). The monoisotopic (exact) mass is 184 g/mol. The van der Waals surface area contributed by atoms with Crippen LogP contribution in [0.2, 0.25) is 0 Å². The average molecular weight is 184 g/mol. The summed E-state index contributed by atoms with van der Waals surface area (Å²) in [5.74, 6) is 0.347. The first-order valence-corrected chi connectivity index (χ1v) is 4.60. The molecule has 0 heterocycles. The molecule has 1 amide bonds. The van der Waals surface area contributed by atoms with Crippen molar-refractivity contribution in [3.63, 3.8) is 0 Å². The minimum Gasteiger partial charge on any atom is -0.352 e. The van der Waals surface area contributed by atoms with E-state index in [0.717, 1.165) is 5.57 Å². The molecule has 0 rings (SSSR count). The molecule has 3 N–H and O–H groups in total. The van der Waals surface area contributed by atoms with Crippen LogP contribution < -0.4 is 11.1 Å². The van der Waals surface area contributed by atoms with Crippen molar-refractivity contribution in [1.29, 1.82) is 0 Å². The van der Waals surface area contributed by atoms with Gasteiger partial charge in [0.15, 0.2) is 0 Å². The second-order valence-corrected chi connectivity index (χ2v) is 3.85. The predicted molar refractivity (Wildman–Crippen MR) is 55.3 cm³/mol. The first-order chi connectivity index (χ1) is 5.93. The highest BCUT2D eigenvalue weighted by atomic mass is 16.1. The fourth-order valence-electron chi connectivity index (χ4n) is 0.771. The fraction of sp³-hybridized carbons (Fsp3) is 0.700. The Balaban J connectivity index is 3.68. The van der Waals surface area contributed by atoms with Gasteiger partial charge in [0.1, 0.15) is 0 Å². The minimum absolute atomic E-state index is 0.00389. The summed E-state index contributed by atoms with van der Waals surface area (Å²) < 4.78 is 0. The molecule has 0 aromatic carbocycles. The average Bonchev–Trinajstić information content (AvgIpc) is 2.00. The van der Waals surface area contributed by atoms with Gasteiger partial charge in [0.25, 0.3) is 0 Å². The van der Waals surface area contributed by atoms with Gasteiger partial charge < -0.3 is 11.1 Å². The molecule has 0 aliphatic rings. The molecular weight excluding hydrogens is 164 g/mol. The van der Waals surface area contributed by atoms with Gasteiger partial charge in [-0.15, -0.1) is 0 Å². The van der Waals surface area contributed by atoms with E-state index in [2.05, 4.69) is 11.9 Å². The van der Waals surface area contributed by atoms with Crippen molar-refractivity contribution < 1.29 is 4.79 Å². The van der Waals surface area contributed by atoms with Crippen LogP contribution in [0.25, 0.3) is 0 Å². The van der Waals surface area contributed by atoms with Crippen molar-refractivity contribution in [2.45, 2.75) is 33.2 Å². The van der Waals surface area contributed by atoms with E-state index >= 15 is 0 Å². The topological polar surface area (TPSA) is 55.1 Å². The van der Waals surface area contributed by atoms with Crippen LogP contribution in [-0.2, 0) is 4.79 Å². The van der Waals surface area contributed by atoms with E-state index in [9.17, 15) is 4.79 Å². The maximum Gasteiger partial charge on any atom is 0.221 e. The molecule has 1 unspecified atom stereocenters. The zero-order valence-corrected chi connectivity index (χ0v) is 8.76. The predicted octanol–water partition coefficient (Wildman–Crippen LogP) is 1.05. The first-order valence-electron chi connectivity index (χ1n) is 4.60. The number of rotatable bonds is 5. The Hall–Kier alpha value is -0.830. The van der Waals surface area contributed by atoms with Gasteiger partial charge >= 0.3 is 0 Å². The van der Waals surface area contributed by atoms with Crippen molar-refractivity contribution in [2.75, 3.05) is 6.54 Å². The molecule has 0 spiro atoms. The molecule has 0 aromatic heterocycles. The molecule has 0 bridgehead atoms. The highest BCUT2D eigenvalue weighted by molar-refractivity contribution is 5.76. The van der Waals surface area contributed by atoms with E-state index < -0.39 is 0 Å². The number of nitrogens with one attached hydrogen (secondary N) is 1. The summed E-state index contributed by atoms with van der Waals surface area (Å²) >= 11 is 0. The van der Waals surface area contributed by atoms with Crippen LogP contribution in [0, 0.1) is 5.92 Å². The van der Waals surface area contributed by atoms with Gasteiger partial charge in [-0.25, -0.2) is 0 Å². The lowest BCUT2D eigenvalue weighted by molar-refractivity contribution is -0.121.